The van der Waals surface area contributed by atoms with Crippen LogP contribution in [0.3, 0.4) is 0 Å². The molecule has 2 aliphatic heterocycles. The van der Waals surface area contributed by atoms with Gasteiger partial charge < -0.3 is 4.74 Å². The molecule has 2 aromatic heterocycles. The largest absolute Gasteiger partial charge is 0.379 e. The fourth-order valence-electron chi connectivity index (χ4n) is 4.89. The summed E-state index contributed by atoms with van der Waals surface area (Å²) >= 11 is 1.64. The Balaban J connectivity index is 1.41. The van der Waals surface area contributed by atoms with Crippen LogP contribution in [0.2, 0.25) is 0 Å². The van der Waals surface area contributed by atoms with Crippen molar-refractivity contribution in [1.29, 1.82) is 0 Å². The summed E-state index contributed by atoms with van der Waals surface area (Å²) < 4.78 is 7.39. The standard InChI is InChI=1S/C29H29N5O2S/c1-21-7-9-22(10-8-21)29-25(18-33(31-29)24-5-3-2-4-6-24)27-17-26(23-11-16-37-20-23)30-34(27)28(35)19-32-12-14-36-15-13-32/h2-11,16,18,20,27H,12-15,17,19H2,1H3. The van der Waals surface area contributed by atoms with E-state index in [1.54, 1.807) is 16.3 Å². The van der Waals surface area contributed by atoms with Crippen molar-refractivity contribution in [3.05, 3.63) is 94.3 Å². The Hall–Kier alpha value is -3.59. The first-order valence-corrected chi connectivity index (χ1v) is 13.5. The topological polar surface area (TPSA) is 63.0 Å². The van der Waals surface area contributed by atoms with Crippen molar-refractivity contribution in [2.75, 3.05) is 32.8 Å². The van der Waals surface area contributed by atoms with Crippen LogP contribution in [0.4, 0.5) is 0 Å². The number of amides is 1. The molecule has 188 valence electrons. The van der Waals surface area contributed by atoms with Crippen LogP contribution >= 0.6 is 11.3 Å². The van der Waals surface area contributed by atoms with E-state index in [0.717, 1.165) is 46.9 Å². The van der Waals surface area contributed by atoms with Gasteiger partial charge in [0.2, 0.25) is 0 Å². The van der Waals surface area contributed by atoms with Gasteiger partial charge in [-0.2, -0.15) is 21.5 Å². The predicted molar refractivity (Wildman–Crippen MR) is 146 cm³/mol. The van der Waals surface area contributed by atoms with Crippen LogP contribution in [0, 0.1) is 6.92 Å². The molecular weight excluding hydrogens is 482 g/mol. The minimum absolute atomic E-state index is 0.000512. The average molecular weight is 512 g/mol. The molecule has 0 radical (unpaired) electrons. The molecule has 1 fully saturated rings. The molecule has 0 bridgehead atoms. The van der Waals surface area contributed by atoms with Gasteiger partial charge in [-0.05, 0) is 35.9 Å². The number of carbonyl (C=O) groups excluding carboxylic acids is 1. The average Bonchev–Trinajstić information content (AvgIpc) is 3.70. The molecule has 37 heavy (non-hydrogen) atoms. The van der Waals surface area contributed by atoms with E-state index in [-0.39, 0.29) is 11.9 Å². The summed E-state index contributed by atoms with van der Waals surface area (Å²) in [6.45, 7) is 5.23. The lowest BCUT2D eigenvalue weighted by atomic mass is 9.97. The van der Waals surface area contributed by atoms with Crippen molar-refractivity contribution in [3.8, 4) is 16.9 Å². The van der Waals surface area contributed by atoms with Gasteiger partial charge in [0.05, 0.1) is 42.9 Å². The van der Waals surface area contributed by atoms with Crippen molar-refractivity contribution in [3.63, 3.8) is 0 Å². The first kappa shape index (κ1) is 23.8. The Labute approximate surface area is 220 Å². The molecule has 1 atom stereocenters. The van der Waals surface area contributed by atoms with Gasteiger partial charge in [0.1, 0.15) is 0 Å². The van der Waals surface area contributed by atoms with E-state index < -0.39 is 0 Å². The highest BCUT2D eigenvalue weighted by molar-refractivity contribution is 7.08. The number of benzene rings is 2. The molecule has 8 heteroatoms. The first-order valence-electron chi connectivity index (χ1n) is 12.6. The molecule has 0 spiro atoms. The summed E-state index contributed by atoms with van der Waals surface area (Å²) in [6, 6.07) is 20.3. The summed E-state index contributed by atoms with van der Waals surface area (Å²) in [4.78, 5) is 15.8. The molecule has 0 aliphatic carbocycles. The highest BCUT2D eigenvalue weighted by Gasteiger charge is 2.36. The maximum atomic E-state index is 13.7. The van der Waals surface area contributed by atoms with Gasteiger partial charge in [-0.15, -0.1) is 0 Å². The van der Waals surface area contributed by atoms with Crippen LogP contribution in [-0.2, 0) is 9.53 Å². The van der Waals surface area contributed by atoms with Crippen molar-refractivity contribution in [1.82, 2.24) is 19.7 Å². The molecule has 1 saturated heterocycles. The Morgan fingerprint density at radius 2 is 1.81 bits per heavy atom. The van der Waals surface area contributed by atoms with Crippen molar-refractivity contribution in [2.45, 2.75) is 19.4 Å². The third kappa shape index (κ3) is 5.00. The Bertz CT molecular complexity index is 1390. The van der Waals surface area contributed by atoms with E-state index in [1.807, 2.05) is 35.0 Å². The number of rotatable bonds is 6. The summed E-state index contributed by atoms with van der Waals surface area (Å²) in [5, 5.41) is 15.8. The molecule has 2 aliphatic rings. The van der Waals surface area contributed by atoms with Gasteiger partial charge in [0.25, 0.3) is 5.91 Å². The molecular formula is C29H29N5O2S. The second kappa shape index (κ2) is 10.4. The summed E-state index contributed by atoms with van der Waals surface area (Å²) in [6.07, 6.45) is 2.71. The van der Waals surface area contributed by atoms with Gasteiger partial charge in [0, 0.05) is 42.4 Å². The smallest absolute Gasteiger partial charge is 0.257 e. The lowest BCUT2D eigenvalue weighted by Crippen LogP contribution is -2.43. The van der Waals surface area contributed by atoms with Crippen LogP contribution in [-0.4, -0.2) is 64.2 Å². The van der Waals surface area contributed by atoms with Gasteiger partial charge in [0.15, 0.2) is 0 Å². The molecule has 0 saturated carbocycles. The summed E-state index contributed by atoms with van der Waals surface area (Å²) in [5.74, 6) is -0.000512. The molecule has 2 aromatic carbocycles. The highest BCUT2D eigenvalue weighted by atomic mass is 32.1. The van der Waals surface area contributed by atoms with Crippen LogP contribution in [0.25, 0.3) is 16.9 Å². The number of nitrogens with zero attached hydrogens (tertiary/aromatic N) is 5. The zero-order chi connectivity index (χ0) is 25.2. The number of ether oxygens (including phenoxy) is 1. The minimum atomic E-state index is -0.239. The number of para-hydroxylation sites is 1. The van der Waals surface area contributed by atoms with Crippen molar-refractivity contribution >= 4 is 23.0 Å². The van der Waals surface area contributed by atoms with E-state index in [1.165, 1.54) is 5.56 Å². The number of carbonyl (C=O) groups is 1. The van der Waals surface area contributed by atoms with E-state index in [0.29, 0.717) is 26.2 Å². The Morgan fingerprint density at radius 1 is 1.03 bits per heavy atom. The second-order valence-electron chi connectivity index (χ2n) is 9.48. The number of aromatic nitrogens is 2. The number of hydrazone groups is 1. The molecule has 0 N–H and O–H groups in total. The van der Waals surface area contributed by atoms with Crippen molar-refractivity contribution < 1.29 is 9.53 Å². The Morgan fingerprint density at radius 3 is 2.54 bits per heavy atom. The maximum Gasteiger partial charge on any atom is 0.257 e. The number of aryl methyl sites for hydroxylation is 1. The summed E-state index contributed by atoms with van der Waals surface area (Å²) in [7, 11) is 0. The third-order valence-corrected chi connectivity index (χ3v) is 7.61. The number of hydrogen-bond donors (Lipinski definition) is 0. The predicted octanol–water partition coefficient (Wildman–Crippen LogP) is 4.92. The maximum absolute atomic E-state index is 13.7. The van der Waals surface area contributed by atoms with Crippen LogP contribution in [0.5, 0.6) is 0 Å². The van der Waals surface area contributed by atoms with Gasteiger partial charge >= 0.3 is 0 Å². The minimum Gasteiger partial charge on any atom is -0.379 e. The molecule has 4 heterocycles. The van der Waals surface area contributed by atoms with E-state index in [9.17, 15) is 4.79 Å². The fraction of sp³-hybridized carbons (Fsp3) is 0.276. The zero-order valence-electron chi connectivity index (χ0n) is 20.8. The SMILES string of the molecule is Cc1ccc(-c2nn(-c3ccccc3)cc2C2CC(c3ccsc3)=NN2C(=O)CN2CCOCC2)cc1. The monoisotopic (exact) mass is 511 g/mol. The normalized spacial score (nSPS) is 18.2. The lowest BCUT2D eigenvalue weighted by Gasteiger charge is -2.29. The highest BCUT2D eigenvalue weighted by Crippen LogP contribution is 2.38. The molecule has 1 amide bonds. The number of hydrogen-bond acceptors (Lipinski definition) is 6. The molecule has 7 nitrogen and oxygen atoms in total. The number of thiophene rings is 1. The second-order valence-corrected chi connectivity index (χ2v) is 10.3. The van der Waals surface area contributed by atoms with Crippen LogP contribution < -0.4 is 0 Å². The van der Waals surface area contributed by atoms with Gasteiger partial charge in [-0.1, -0.05) is 48.0 Å². The fourth-order valence-corrected chi connectivity index (χ4v) is 5.55. The quantitative estimate of drug-likeness (QED) is 0.369. The van der Waals surface area contributed by atoms with E-state index in [2.05, 4.69) is 59.1 Å². The van der Waals surface area contributed by atoms with E-state index in [4.69, 9.17) is 14.9 Å². The van der Waals surface area contributed by atoms with Gasteiger partial charge in [-0.25, -0.2) is 9.69 Å². The third-order valence-electron chi connectivity index (χ3n) is 6.93. The lowest BCUT2D eigenvalue weighted by molar-refractivity contribution is -0.135. The van der Waals surface area contributed by atoms with Crippen molar-refractivity contribution in [2.24, 2.45) is 5.10 Å². The zero-order valence-corrected chi connectivity index (χ0v) is 21.6. The first-order chi connectivity index (χ1) is 18.2. The van der Waals surface area contributed by atoms with Gasteiger partial charge in [-0.3, -0.25) is 9.69 Å². The molecule has 4 aromatic rings. The molecule has 6 rings (SSSR count). The van der Waals surface area contributed by atoms with Crippen LogP contribution in [0.15, 0.2) is 82.7 Å². The number of morpholine rings is 1. The molecule has 1 unspecified atom stereocenters. The van der Waals surface area contributed by atoms with Crippen LogP contribution in [0.1, 0.15) is 29.2 Å². The van der Waals surface area contributed by atoms with E-state index >= 15 is 0 Å². The summed E-state index contributed by atoms with van der Waals surface area (Å²) in [5.41, 5.74) is 7.08. The Kier molecular flexibility index (Phi) is 6.70.